The van der Waals surface area contributed by atoms with Crippen molar-refractivity contribution in [2.75, 3.05) is 18.7 Å². The van der Waals surface area contributed by atoms with Crippen LogP contribution in [0.3, 0.4) is 0 Å². The van der Waals surface area contributed by atoms with Crippen LogP contribution in [0, 0.1) is 0 Å². The molecule has 0 spiro atoms. The van der Waals surface area contributed by atoms with Gasteiger partial charge in [-0.15, -0.1) is 0 Å². The molecule has 9 nitrogen and oxygen atoms in total. The number of hydrogen-bond donors (Lipinski definition) is 1. The minimum Gasteiger partial charge on any atom is -0.497 e. The molecule has 1 N–H and O–H groups in total. The summed E-state index contributed by atoms with van der Waals surface area (Å²) in [7, 11) is 3.47. The van der Waals surface area contributed by atoms with Gasteiger partial charge in [-0.1, -0.05) is 30.3 Å². The average Bonchev–Trinajstić information content (AvgIpc) is 3.50. The largest absolute Gasteiger partial charge is 0.497 e. The lowest BCUT2D eigenvalue weighted by molar-refractivity contribution is -0.135. The summed E-state index contributed by atoms with van der Waals surface area (Å²) in [5.74, 6) is 0.526. The van der Waals surface area contributed by atoms with Crippen molar-refractivity contribution in [1.29, 1.82) is 0 Å². The van der Waals surface area contributed by atoms with E-state index in [0.29, 0.717) is 17.3 Å². The van der Waals surface area contributed by atoms with Crippen LogP contribution in [-0.2, 0) is 21.4 Å². The Kier molecular flexibility index (Phi) is 6.91. The Bertz CT molecular complexity index is 1190. The number of carbonyl (C=O) groups excluding carboxylic acids is 2. The van der Waals surface area contributed by atoms with Crippen molar-refractivity contribution < 1.29 is 19.1 Å². The Morgan fingerprint density at radius 2 is 1.97 bits per heavy atom. The summed E-state index contributed by atoms with van der Waals surface area (Å²) in [5, 5.41) is 9.13. The summed E-state index contributed by atoms with van der Waals surface area (Å²) in [5.41, 5.74) is 1.73. The molecule has 1 aromatic heterocycles. The zero-order chi connectivity index (χ0) is 24.1. The molecule has 1 amide bonds. The molecule has 0 aliphatic carbocycles. The van der Waals surface area contributed by atoms with E-state index in [0.717, 1.165) is 5.56 Å². The Morgan fingerprint density at radius 1 is 1.18 bits per heavy atom. The van der Waals surface area contributed by atoms with Gasteiger partial charge in [0.2, 0.25) is 5.91 Å². The van der Waals surface area contributed by atoms with E-state index in [2.05, 4.69) is 15.4 Å². The number of amides is 1. The first-order valence-electron chi connectivity index (χ1n) is 11.0. The molecule has 0 bridgehead atoms. The Balaban J connectivity index is 1.66. The second-order valence-electron chi connectivity index (χ2n) is 7.78. The number of imidazole rings is 1. The van der Waals surface area contributed by atoms with Crippen LogP contribution in [0.15, 0.2) is 72.1 Å². The van der Waals surface area contributed by atoms with E-state index in [4.69, 9.17) is 9.47 Å². The van der Waals surface area contributed by atoms with Crippen LogP contribution in [0.4, 0.5) is 5.69 Å². The lowest BCUT2D eigenvalue weighted by atomic mass is 10.0. The van der Waals surface area contributed by atoms with Gasteiger partial charge in [0.1, 0.15) is 29.4 Å². The van der Waals surface area contributed by atoms with E-state index in [1.165, 1.54) is 0 Å². The topological polar surface area (TPSA) is 98.1 Å². The van der Waals surface area contributed by atoms with E-state index in [1.54, 1.807) is 25.2 Å². The summed E-state index contributed by atoms with van der Waals surface area (Å²) in [6.07, 6.45) is 3.63. The average molecular weight is 462 g/mol. The van der Waals surface area contributed by atoms with Crippen LogP contribution in [0.5, 0.6) is 5.75 Å². The maximum absolute atomic E-state index is 13.7. The number of benzene rings is 2. The molecular weight excluding hydrogens is 434 g/mol. The van der Waals surface area contributed by atoms with E-state index in [-0.39, 0.29) is 24.6 Å². The fourth-order valence-corrected chi connectivity index (χ4v) is 3.88. The molecule has 0 saturated carbocycles. The van der Waals surface area contributed by atoms with Gasteiger partial charge in [-0.2, -0.15) is 5.10 Å². The van der Waals surface area contributed by atoms with Crippen molar-refractivity contribution in [3.8, 4) is 5.75 Å². The predicted molar refractivity (Wildman–Crippen MR) is 128 cm³/mol. The minimum absolute atomic E-state index is 0.130. The van der Waals surface area contributed by atoms with Gasteiger partial charge in [-0.05, 0) is 36.8 Å². The van der Waals surface area contributed by atoms with Crippen LogP contribution < -0.4 is 15.1 Å². The summed E-state index contributed by atoms with van der Waals surface area (Å²) in [6, 6.07) is 15.5. The van der Waals surface area contributed by atoms with Crippen LogP contribution in [-0.4, -0.2) is 46.9 Å². The van der Waals surface area contributed by atoms with Crippen LogP contribution in [0.2, 0.25) is 0 Å². The third-order valence-electron chi connectivity index (χ3n) is 5.58. The number of methoxy groups -OCH3 is 1. The van der Waals surface area contributed by atoms with E-state index in [9.17, 15) is 9.59 Å². The number of ether oxygens (including phenoxy) is 2. The minimum atomic E-state index is -0.727. The van der Waals surface area contributed by atoms with Gasteiger partial charge in [0.25, 0.3) is 0 Å². The quantitative estimate of drug-likeness (QED) is 0.518. The van der Waals surface area contributed by atoms with Gasteiger partial charge in [-0.3, -0.25) is 9.80 Å². The van der Waals surface area contributed by atoms with Crippen LogP contribution in [0.1, 0.15) is 30.8 Å². The molecule has 2 unspecified atom stereocenters. The Labute approximate surface area is 198 Å². The lowest BCUT2D eigenvalue weighted by Crippen LogP contribution is -2.44. The number of carbonyl (C=O) groups is 2. The first kappa shape index (κ1) is 23.0. The fraction of sp³-hybridized carbons (Fsp3) is 0.280. The van der Waals surface area contributed by atoms with Crippen LogP contribution >= 0.6 is 0 Å². The molecule has 0 fully saturated rings. The number of anilines is 1. The molecule has 2 heterocycles. The Morgan fingerprint density at radius 3 is 2.65 bits per heavy atom. The summed E-state index contributed by atoms with van der Waals surface area (Å²) < 4.78 is 12.4. The highest BCUT2D eigenvalue weighted by Gasteiger charge is 2.38. The number of aryl methyl sites for hydroxylation is 1. The Hall–Kier alpha value is -4.14. The van der Waals surface area contributed by atoms with E-state index < -0.39 is 18.1 Å². The zero-order valence-electron chi connectivity index (χ0n) is 19.3. The lowest BCUT2D eigenvalue weighted by Gasteiger charge is -2.26. The molecule has 3 aromatic rings. The van der Waals surface area contributed by atoms with Gasteiger partial charge in [0.05, 0.1) is 19.4 Å². The molecule has 1 aliphatic rings. The summed E-state index contributed by atoms with van der Waals surface area (Å²) >= 11 is 0. The van der Waals surface area contributed by atoms with Crippen molar-refractivity contribution in [2.45, 2.75) is 25.4 Å². The van der Waals surface area contributed by atoms with Crippen molar-refractivity contribution in [3.05, 3.63) is 78.4 Å². The third-order valence-corrected chi connectivity index (χ3v) is 5.58. The van der Waals surface area contributed by atoms with Gasteiger partial charge in [0.15, 0.2) is 0 Å². The van der Waals surface area contributed by atoms with Gasteiger partial charge < -0.3 is 19.4 Å². The van der Waals surface area contributed by atoms with Gasteiger partial charge >= 0.3 is 5.97 Å². The molecule has 2 aromatic carbocycles. The highest BCUT2D eigenvalue weighted by Crippen LogP contribution is 2.28. The number of esters is 1. The number of nitrogens with one attached hydrogen (secondary N) is 1. The molecule has 4 rings (SSSR count). The second kappa shape index (κ2) is 10.2. The highest BCUT2D eigenvalue weighted by molar-refractivity contribution is 6.38. The van der Waals surface area contributed by atoms with Crippen molar-refractivity contribution in [3.63, 3.8) is 0 Å². The highest BCUT2D eigenvalue weighted by atomic mass is 16.5. The fourth-order valence-electron chi connectivity index (χ4n) is 3.88. The van der Waals surface area contributed by atoms with Gasteiger partial charge in [0, 0.05) is 25.9 Å². The molecular formula is C25H27N5O4. The second-order valence-corrected chi connectivity index (χ2v) is 7.78. The SMILES string of the molecule is CCOC(=O)C1=NN(c2ccccc2)C(C(=O)NC(c2cccc(OC)c2)c2nccn2C)C1. The third kappa shape index (κ3) is 4.78. The van der Waals surface area contributed by atoms with Gasteiger partial charge in [-0.25, -0.2) is 9.78 Å². The predicted octanol–water partition coefficient (Wildman–Crippen LogP) is 2.83. The summed E-state index contributed by atoms with van der Waals surface area (Å²) in [4.78, 5) is 30.5. The number of rotatable bonds is 8. The van der Waals surface area contributed by atoms with Crippen molar-refractivity contribution in [2.24, 2.45) is 12.1 Å². The monoisotopic (exact) mass is 461 g/mol. The normalized spacial score (nSPS) is 16.0. The molecule has 34 heavy (non-hydrogen) atoms. The maximum Gasteiger partial charge on any atom is 0.354 e. The molecule has 176 valence electrons. The number of aromatic nitrogens is 2. The summed E-state index contributed by atoms with van der Waals surface area (Å²) in [6.45, 7) is 1.97. The molecule has 0 saturated heterocycles. The van der Waals surface area contributed by atoms with Crippen LogP contribution in [0.25, 0.3) is 0 Å². The van der Waals surface area contributed by atoms with E-state index in [1.807, 2.05) is 72.4 Å². The first-order valence-corrected chi connectivity index (χ1v) is 11.0. The number of hydrazone groups is 1. The van der Waals surface area contributed by atoms with E-state index >= 15 is 0 Å². The van der Waals surface area contributed by atoms with Crippen molar-refractivity contribution >= 4 is 23.3 Å². The number of para-hydroxylation sites is 1. The van der Waals surface area contributed by atoms with Crippen molar-refractivity contribution in [1.82, 2.24) is 14.9 Å². The molecule has 0 radical (unpaired) electrons. The number of nitrogens with zero attached hydrogens (tertiary/aromatic N) is 4. The standard InChI is InChI=1S/C25H27N5O4/c1-4-34-25(32)20-16-21(30(28-20)18-10-6-5-7-11-18)24(31)27-22(23-26-13-14-29(23)2)17-9-8-12-19(15-17)33-3/h5-15,21-22H,4,16H2,1-3H3,(H,27,31). The maximum atomic E-state index is 13.7. The molecule has 2 atom stereocenters. The molecule has 1 aliphatic heterocycles. The number of hydrogen-bond acceptors (Lipinski definition) is 7. The smallest absolute Gasteiger partial charge is 0.354 e. The first-order chi connectivity index (χ1) is 16.5. The molecule has 9 heteroatoms. The zero-order valence-corrected chi connectivity index (χ0v) is 19.3.